The Morgan fingerprint density at radius 3 is 2.53 bits per heavy atom. The van der Waals surface area contributed by atoms with E-state index in [9.17, 15) is 13.2 Å². The van der Waals surface area contributed by atoms with E-state index in [-0.39, 0.29) is 17.5 Å². The fourth-order valence-corrected chi connectivity index (χ4v) is 3.21. The van der Waals surface area contributed by atoms with Crippen LogP contribution in [0.2, 0.25) is 0 Å². The van der Waals surface area contributed by atoms with Gasteiger partial charge < -0.3 is 5.32 Å². The molecule has 1 nitrogen and oxygen atoms in total. The molecule has 1 aliphatic carbocycles. The summed E-state index contributed by atoms with van der Waals surface area (Å²) in [5.41, 5.74) is 0.237. The summed E-state index contributed by atoms with van der Waals surface area (Å²) in [7, 11) is 1.74. The number of rotatable bonds is 3. The Labute approximate surface area is 112 Å². The average molecular weight is 271 g/mol. The van der Waals surface area contributed by atoms with Crippen LogP contribution in [0, 0.1) is 29.3 Å². The molecular formula is C15H20F3N. The quantitative estimate of drug-likeness (QED) is 0.813. The Morgan fingerprint density at radius 1 is 1.16 bits per heavy atom. The molecular weight excluding hydrogens is 251 g/mol. The topological polar surface area (TPSA) is 12.0 Å². The molecule has 0 saturated heterocycles. The third-order valence-electron chi connectivity index (χ3n) is 4.16. The van der Waals surface area contributed by atoms with Crippen LogP contribution in [0.1, 0.15) is 44.2 Å². The lowest BCUT2D eigenvalue weighted by Crippen LogP contribution is -2.30. The monoisotopic (exact) mass is 271 g/mol. The first-order valence-electron chi connectivity index (χ1n) is 6.85. The van der Waals surface area contributed by atoms with E-state index in [1.54, 1.807) is 7.05 Å². The molecule has 1 aromatic rings. The molecule has 3 atom stereocenters. The number of nitrogens with one attached hydrogen (secondary N) is 1. The van der Waals surface area contributed by atoms with Crippen molar-refractivity contribution in [2.75, 3.05) is 7.05 Å². The van der Waals surface area contributed by atoms with E-state index < -0.39 is 17.5 Å². The highest BCUT2D eigenvalue weighted by atomic mass is 19.2. The third kappa shape index (κ3) is 2.94. The Kier molecular flexibility index (Phi) is 4.50. The summed E-state index contributed by atoms with van der Waals surface area (Å²) >= 11 is 0. The average Bonchev–Trinajstić information content (AvgIpc) is 2.40. The van der Waals surface area contributed by atoms with E-state index in [0.29, 0.717) is 5.92 Å². The first kappa shape index (κ1) is 14.4. The van der Waals surface area contributed by atoms with Gasteiger partial charge in [0.1, 0.15) is 0 Å². The lowest BCUT2D eigenvalue weighted by atomic mass is 9.76. The van der Waals surface area contributed by atoms with Gasteiger partial charge in [-0.25, -0.2) is 13.2 Å². The van der Waals surface area contributed by atoms with Crippen molar-refractivity contribution in [3.8, 4) is 0 Å². The predicted molar refractivity (Wildman–Crippen MR) is 69.2 cm³/mol. The van der Waals surface area contributed by atoms with Crippen molar-refractivity contribution in [3.63, 3.8) is 0 Å². The SMILES string of the molecule is CNC(c1ccc(F)c(F)c1F)C1CCCC(C)C1. The van der Waals surface area contributed by atoms with E-state index in [4.69, 9.17) is 0 Å². The van der Waals surface area contributed by atoms with Crippen molar-refractivity contribution in [2.45, 2.75) is 38.6 Å². The minimum atomic E-state index is -1.37. The standard InChI is InChI=1S/C15H20F3N/c1-9-4-3-5-10(8-9)15(19-2)11-6-7-12(16)14(18)13(11)17/h6-7,9-10,15,19H,3-5,8H2,1-2H3. The molecule has 0 spiro atoms. The Bertz CT molecular complexity index is 447. The predicted octanol–water partition coefficient (Wildman–Crippen LogP) is 4.19. The van der Waals surface area contributed by atoms with Crippen LogP contribution in [0.3, 0.4) is 0 Å². The van der Waals surface area contributed by atoms with E-state index in [0.717, 1.165) is 25.3 Å². The Hall–Kier alpha value is -1.03. The Balaban J connectivity index is 2.29. The summed E-state index contributed by atoms with van der Waals surface area (Å²) in [6.45, 7) is 2.18. The lowest BCUT2D eigenvalue weighted by molar-refractivity contribution is 0.225. The molecule has 0 aliphatic heterocycles. The van der Waals surface area contributed by atoms with Crippen molar-refractivity contribution in [1.29, 1.82) is 0 Å². The van der Waals surface area contributed by atoms with Crippen molar-refractivity contribution in [3.05, 3.63) is 35.1 Å². The zero-order chi connectivity index (χ0) is 14.0. The molecule has 3 unspecified atom stereocenters. The van der Waals surface area contributed by atoms with Crippen LogP contribution >= 0.6 is 0 Å². The fourth-order valence-electron chi connectivity index (χ4n) is 3.21. The van der Waals surface area contributed by atoms with Gasteiger partial charge in [0.05, 0.1) is 0 Å². The van der Waals surface area contributed by atoms with Gasteiger partial charge in [-0.3, -0.25) is 0 Å². The van der Waals surface area contributed by atoms with Crippen LogP contribution in [-0.4, -0.2) is 7.05 Å². The maximum absolute atomic E-state index is 13.9. The first-order chi connectivity index (χ1) is 9.04. The molecule has 1 saturated carbocycles. The Morgan fingerprint density at radius 2 is 1.89 bits per heavy atom. The van der Waals surface area contributed by atoms with Gasteiger partial charge in [0.2, 0.25) is 0 Å². The van der Waals surface area contributed by atoms with E-state index >= 15 is 0 Å². The zero-order valence-electron chi connectivity index (χ0n) is 11.3. The number of halogens is 3. The van der Waals surface area contributed by atoms with Crippen molar-refractivity contribution in [1.82, 2.24) is 5.32 Å². The summed E-state index contributed by atoms with van der Waals surface area (Å²) < 4.78 is 40.2. The molecule has 1 fully saturated rings. The van der Waals surface area contributed by atoms with Gasteiger partial charge in [-0.1, -0.05) is 25.8 Å². The molecule has 4 heteroatoms. The van der Waals surface area contributed by atoms with Crippen LogP contribution in [0.4, 0.5) is 13.2 Å². The molecule has 0 heterocycles. The van der Waals surface area contributed by atoms with Crippen LogP contribution in [0.15, 0.2) is 12.1 Å². The summed E-state index contributed by atoms with van der Waals surface area (Å²) in [6.07, 6.45) is 4.28. The molecule has 1 aromatic carbocycles. The van der Waals surface area contributed by atoms with Crippen LogP contribution < -0.4 is 5.32 Å². The normalized spacial score (nSPS) is 25.3. The highest BCUT2D eigenvalue weighted by molar-refractivity contribution is 5.24. The van der Waals surface area contributed by atoms with Gasteiger partial charge in [0.25, 0.3) is 0 Å². The first-order valence-corrected chi connectivity index (χ1v) is 6.85. The van der Waals surface area contributed by atoms with E-state index in [1.165, 1.54) is 12.5 Å². The van der Waals surface area contributed by atoms with Gasteiger partial charge in [0.15, 0.2) is 17.5 Å². The maximum Gasteiger partial charge on any atom is 0.194 e. The second-order valence-corrected chi connectivity index (χ2v) is 5.56. The molecule has 1 aliphatic rings. The van der Waals surface area contributed by atoms with E-state index in [1.807, 2.05) is 0 Å². The van der Waals surface area contributed by atoms with Gasteiger partial charge in [-0.05, 0) is 37.8 Å². The molecule has 2 rings (SSSR count). The van der Waals surface area contributed by atoms with Crippen molar-refractivity contribution >= 4 is 0 Å². The van der Waals surface area contributed by atoms with Gasteiger partial charge in [0, 0.05) is 11.6 Å². The van der Waals surface area contributed by atoms with E-state index in [2.05, 4.69) is 12.2 Å². The molecule has 106 valence electrons. The number of hydrogen-bond acceptors (Lipinski definition) is 1. The fraction of sp³-hybridized carbons (Fsp3) is 0.600. The molecule has 0 radical (unpaired) electrons. The molecule has 1 N–H and O–H groups in total. The second-order valence-electron chi connectivity index (χ2n) is 5.56. The summed E-state index contributed by atoms with van der Waals surface area (Å²) in [5.74, 6) is -2.69. The summed E-state index contributed by atoms with van der Waals surface area (Å²) in [5, 5.41) is 3.07. The summed E-state index contributed by atoms with van der Waals surface area (Å²) in [6, 6.07) is 2.11. The van der Waals surface area contributed by atoms with Gasteiger partial charge in [-0.15, -0.1) is 0 Å². The smallest absolute Gasteiger partial charge is 0.194 e. The molecule has 0 bridgehead atoms. The van der Waals surface area contributed by atoms with Gasteiger partial charge in [-0.2, -0.15) is 0 Å². The second kappa shape index (κ2) is 5.95. The lowest BCUT2D eigenvalue weighted by Gasteiger charge is -2.33. The van der Waals surface area contributed by atoms with Crippen LogP contribution in [-0.2, 0) is 0 Å². The molecule has 0 aromatic heterocycles. The van der Waals surface area contributed by atoms with Crippen LogP contribution in [0.25, 0.3) is 0 Å². The van der Waals surface area contributed by atoms with Crippen molar-refractivity contribution in [2.24, 2.45) is 11.8 Å². The van der Waals surface area contributed by atoms with Crippen LogP contribution in [0.5, 0.6) is 0 Å². The minimum Gasteiger partial charge on any atom is -0.313 e. The maximum atomic E-state index is 13.9. The molecule has 0 amide bonds. The summed E-state index contributed by atoms with van der Waals surface area (Å²) in [4.78, 5) is 0. The largest absolute Gasteiger partial charge is 0.313 e. The highest BCUT2D eigenvalue weighted by Crippen LogP contribution is 2.38. The highest BCUT2D eigenvalue weighted by Gasteiger charge is 2.29. The third-order valence-corrected chi connectivity index (χ3v) is 4.16. The number of benzene rings is 1. The van der Waals surface area contributed by atoms with Gasteiger partial charge >= 0.3 is 0 Å². The number of hydrogen-bond donors (Lipinski definition) is 1. The minimum absolute atomic E-state index is 0.237. The zero-order valence-corrected chi connectivity index (χ0v) is 11.3. The van der Waals surface area contributed by atoms with Crippen molar-refractivity contribution < 1.29 is 13.2 Å². The molecule has 19 heavy (non-hydrogen) atoms.